The third kappa shape index (κ3) is 4.65. The first-order chi connectivity index (χ1) is 19.3. The van der Waals surface area contributed by atoms with Gasteiger partial charge in [0.1, 0.15) is 12.6 Å². The highest BCUT2D eigenvalue weighted by Gasteiger charge is 2.74. The third-order valence-electron chi connectivity index (χ3n) is 8.56. The fraction of sp³-hybridized carbons (Fsp3) is 0.469. The van der Waals surface area contributed by atoms with E-state index in [4.69, 9.17) is 4.74 Å². The molecule has 3 heterocycles. The first-order valence-corrected chi connectivity index (χ1v) is 14.9. The SMILES string of the molecule is C=CCOC(=O)[C@@H]1[C@@H]2CCC3(S2)C(C(=O)N(CC=C)c2ccc4ccccc4c2)N([C@@H](CO)CC(C)C)C(=O)[C@H]13. The minimum atomic E-state index is -0.820. The number of aliphatic hydroxyl groups is 1. The normalized spacial score (nSPS) is 27.6. The van der Waals surface area contributed by atoms with Gasteiger partial charge in [-0.1, -0.05) is 62.9 Å². The number of hydrogen-bond acceptors (Lipinski definition) is 6. The predicted octanol–water partition coefficient (Wildman–Crippen LogP) is 4.59. The fourth-order valence-electron chi connectivity index (χ4n) is 7.03. The van der Waals surface area contributed by atoms with Crippen LogP contribution in [0.2, 0.25) is 0 Å². The average Bonchev–Trinajstić information content (AvgIpc) is 3.60. The highest BCUT2D eigenvalue weighted by molar-refractivity contribution is 8.02. The highest BCUT2D eigenvalue weighted by atomic mass is 32.2. The van der Waals surface area contributed by atoms with E-state index in [-0.39, 0.29) is 42.7 Å². The maximum atomic E-state index is 14.8. The number of carbonyl (C=O) groups excluding carboxylic acids is 3. The molecule has 3 aliphatic rings. The Morgan fingerprint density at radius 1 is 1.20 bits per heavy atom. The summed E-state index contributed by atoms with van der Waals surface area (Å²) in [5, 5.41) is 12.5. The number of esters is 1. The Labute approximate surface area is 240 Å². The van der Waals surface area contributed by atoms with Crippen molar-refractivity contribution in [3.63, 3.8) is 0 Å². The van der Waals surface area contributed by atoms with Crippen LogP contribution in [0.4, 0.5) is 5.69 Å². The van der Waals surface area contributed by atoms with Crippen molar-refractivity contribution in [1.29, 1.82) is 0 Å². The molecule has 0 saturated carbocycles. The molecule has 3 aliphatic heterocycles. The van der Waals surface area contributed by atoms with Gasteiger partial charge in [-0.05, 0) is 48.1 Å². The zero-order valence-corrected chi connectivity index (χ0v) is 24.0. The van der Waals surface area contributed by atoms with E-state index < -0.39 is 34.6 Å². The minimum Gasteiger partial charge on any atom is -0.461 e. The van der Waals surface area contributed by atoms with Crippen LogP contribution in [0.3, 0.4) is 0 Å². The van der Waals surface area contributed by atoms with Crippen LogP contribution in [0.1, 0.15) is 33.1 Å². The smallest absolute Gasteiger partial charge is 0.311 e. The molecule has 1 spiro atoms. The summed E-state index contributed by atoms with van der Waals surface area (Å²) in [6.45, 7) is 11.7. The molecule has 212 valence electrons. The Kier molecular flexibility index (Phi) is 8.11. The Morgan fingerprint density at radius 2 is 1.95 bits per heavy atom. The number of carbonyl (C=O) groups is 3. The number of aliphatic hydroxyl groups excluding tert-OH is 1. The lowest BCUT2D eigenvalue weighted by Crippen LogP contribution is -2.57. The molecular weight excluding hydrogens is 524 g/mol. The molecule has 2 aromatic carbocycles. The third-order valence-corrected chi connectivity index (χ3v) is 10.5. The summed E-state index contributed by atoms with van der Waals surface area (Å²) in [7, 11) is 0. The van der Waals surface area contributed by atoms with Crippen molar-refractivity contribution in [3.8, 4) is 0 Å². The van der Waals surface area contributed by atoms with Crippen LogP contribution in [-0.2, 0) is 19.1 Å². The summed E-state index contributed by atoms with van der Waals surface area (Å²) < 4.78 is 4.69. The van der Waals surface area contributed by atoms with Gasteiger partial charge in [-0.2, -0.15) is 0 Å². The monoisotopic (exact) mass is 562 g/mol. The van der Waals surface area contributed by atoms with E-state index in [0.29, 0.717) is 12.8 Å². The van der Waals surface area contributed by atoms with Gasteiger partial charge in [0.2, 0.25) is 5.91 Å². The number of likely N-dealkylation sites (tertiary alicyclic amines) is 1. The first kappa shape index (κ1) is 28.4. The number of nitrogens with zero attached hydrogens (tertiary/aromatic N) is 2. The highest BCUT2D eigenvalue weighted by Crippen LogP contribution is 2.67. The Bertz CT molecular complexity index is 1330. The van der Waals surface area contributed by atoms with Gasteiger partial charge >= 0.3 is 5.97 Å². The molecule has 6 atom stereocenters. The number of thioether (sulfide) groups is 1. The quantitative estimate of drug-likeness (QED) is 0.319. The maximum absolute atomic E-state index is 14.8. The average molecular weight is 563 g/mol. The lowest BCUT2D eigenvalue weighted by Gasteiger charge is -2.40. The van der Waals surface area contributed by atoms with Crippen molar-refractivity contribution in [2.24, 2.45) is 17.8 Å². The Balaban J connectivity index is 1.60. The molecule has 0 aliphatic carbocycles. The number of rotatable bonds is 11. The van der Waals surface area contributed by atoms with Crippen LogP contribution in [0.5, 0.6) is 0 Å². The number of hydrogen-bond donors (Lipinski definition) is 1. The predicted molar refractivity (Wildman–Crippen MR) is 159 cm³/mol. The largest absolute Gasteiger partial charge is 0.461 e. The van der Waals surface area contributed by atoms with E-state index in [1.807, 2.05) is 56.3 Å². The maximum Gasteiger partial charge on any atom is 0.311 e. The standard InChI is InChI=1S/C32H38N2O5S/c1-5-15-33(23-12-11-21-9-7-8-10-22(21)18-23)30(37)28-32-14-13-25(40-32)26(31(38)39-16-6-2)27(32)29(36)34(28)24(19-35)17-20(3)4/h5-12,18,20,24-28,35H,1-2,13-17,19H2,3-4H3/t24-,25+,26-,27+,28?,32?/m1/s1. The van der Waals surface area contributed by atoms with Crippen molar-refractivity contribution in [2.75, 3.05) is 24.7 Å². The van der Waals surface area contributed by atoms with Gasteiger partial charge < -0.3 is 19.6 Å². The molecule has 0 aromatic heterocycles. The van der Waals surface area contributed by atoms with Crippen LogP contribution in [-0.4, -0.2) is 69.6 Å². The summed E-state index contributed by atoms with van der Waals surface area (Å²) in [6.07, 6.45) is 5.13. The van der Waals surface area contributed by atoms with Crippen molar-refractivity contribution < 1.29 is 24.2 Å². The van der Waals surface area contributed by atoms with Crippen LogP contribution in [0, 0.1) is 17.8 Å². The zero-order chi connectivity index (χ0) is 28.6. The summed E-state index contributed by atoms with van der Waals surface area (Å²) in [6, 6.07) is 12.5. The molecule has 2 aromatic rings. The molecule has 2 amide bonds. The van der Waals surface area contributed by atoms with Gasteiger partial charge in [-0.3, -0.25) is 14.4 Å². The number of anilines is 1. The summed E-state index contributed by atoms with van der Waals surface area (Å²) in [4.78, 5) is 45.7. The zero-order valence-electron chi connectivity index (χ0n) is 23.2. The van der Waals surface area contributed by atoms with Gasteiger partial charge in [0.05, 0.1) is 29.2 Å². The molecule has 7 nitrogen and oxygen atoms in total. The van der Waals surface area contributed by atoms with E-state index in [2.05, 4.69) is 13.2 Å². The molecule has 2 unspecified atom stereocenters. The van der Waals surface area contributed by atoms with Gasteiger partial charge in [0.15, 0.2) is 0 Å². The summed E-state index contributed by atoms with van der Waals surface area (Å²) >= 11 is 1.60. The van der Waals surface area contributed by atoms with Gasteiger partial charge in [-0.15, -0.1) is 18.3 Å². The lowest BCUT2D eigenvalue weighted by atomic mass is 9.71. The van der Waals surface area contributed by atoms with Gasteiger partial charge in [0, 0.05) is 17.5 Å². The molecule has 0 radical (unpaired) electrons. The molecule has 1 N–H and O–H groups in total. The number of ether oxygens (including phenoxy) is 1. The Morgan fingerprint density at radius 3 is 2.62 bits per heavy atom. The fourth-order valence-corrected chi connectivity index (χ4v) is 9.22. The summed E-state index contributed by atoms with van der Waals surface area (Å²) in [5.41, 5.74) is 0.722. The Hall–Kier alpha value is -3.10. The lowest BCUT2D eigenvalue weighted by molar-refractivity contribution is -0.153. The summed E-state index contributed by atoms with van der Waals surface area (Å²) in [5.74, 6) is -1.95. The van der Waals surface area contributed by atoms with Crippen molar-refractivity contribution >= 4 is 46.0 Å². The van der Waals surface area contributed by atoms with Crippen molar-refractivity contribution in [2.45, 2.75) is 55.2 Å². The van der Waals surface area contributed by atoms with Crippen LogP contribution >= 0.6 is 11.8 Å². The van der Waals surface area contributed by atoms with Gasteiger partial charge in [-0.25, -0.2) is 0 Å². The van der Waals surface area contributed by atoms with E-state index >= 15 is 0 Å². The molecule has 2 bridgehead atoms. The van der Waals surface area contributed by atoms with E-state index in [9.17, 15) is 19.5 Å². The molecule has 5 rings (SSSR count). The molecule has 40 heavy (non-hydrogen) atoms. The molecule has 3 saturated heterocycles. The molecule has 8 heteroatoms. The number of benzene rings is 2. The molecular formula is C32H38N2O5S. The first-order valence-electron chi connectivity index (χ1n) is 14.1. The second-order valence-electron chi connectivity index (χ2n) is 11.5. The van der Waals surface area contributed by atoms with E-state index in [1.54, 1.807) is 27.6 Å². The van der Waals surface area contributed by atoms with E-state index in [1.165, 1.54) is 6.08 Å². The second kappa shape index (κ2) is 11.4. The number of amides is 2. The van der Waals surface area contributed by atoms with Crippen LogP contribution in [0.25, 0.3) is 10.8 Å². The van der Waals surface area contributed by atoms with Crippen LogP contribution in [0.15, 0.2) is 67.8 Å². The molecule has 3 fully saturated rings. The van der Waals surface area contributed by atoms with Gasteiger partial charge in [0.25, 0.3) is 5.91 Å². The van der Waals surface area contributed by atoms with Crippen LogP contribution < -0.4 is 4.90 Å². The van der Waals surface area contributed by atoms with Crippen molar-refractivity contribution in [3.05, 3.63) is 67.8 Å². The van der Waals surface area contributed by atoms with Crippen molar-refractivity contribution in [1.82, 2.24) is 4.90 Å². The second-order valence-corrected chi connectivity index (χ2v) is 13.1. The minimum absolute atomic E-state index is 0.0778. The number of fused-ring (bicyclic) bond motifs is 2. The topological polar surface area (TPSA) is 87.2 Å². The van der Waals surface area contributed by atoms with E-state index in [0.717, 1.165) is 22.9 Å².